The summed E-state index contributed by atoms with van der Waals surface area (Å²) in [5.41, 5.74) is 0.927. The summed E-state index contributed by atoms with van der Waals surface area (Å²) in [5.74, 6) is -1.04. The zero-order valence-electron chi connectivity index (χ0n) is 11.9. The summed E-state index contributed by atoms with van der Waals surface area (Å²) in [4.78, 5) is 34.0. The van der Waals surface area contributed by atoms with Gasteiger partial charge in [-0.15, -0.1) is 0 Å². The smallest absolute Gasteiger partial charge is 0.326 e. The maximum atomic E-state index is 12.0. The largest absolute Gasteiger partial charge is 0.480 e. The van der Waals surface area contributed by atoms with E-state index in [2.05, 4.69) is 10.6 Å². The number of carboxylic acid groups (broad SMARTS) is 1. The second-order valence-corrected chi connectivity index (χ2v) is 5.39. The Morgan fingerprint density at radius 2 is 1.86 bits per heavy atom. The summed E-state index contributed by atoms with van der Waals surface area (Å²) in [6.07, 6.45) is 2.24. The van der Waals surface area contributed by atoms with Crippen molar-refractivity contribution in [3.05, 3.63) is 29.8 Å². The molecule has 0 fully saturated rings. The van der Waals surface area contributed by atoms with Crippen LogP contribution in [0.4, 0.5) is 5.69 Å². The molecule has 0 heterocycles. The molecule has 0 unspecified atom stereocenters. The molecule has 1 aromatic carbocycles. The summed E-state index contributed by atoms with van der Waals surface area (Å²) >= 11 is 1.52. The number of anilines is 1. The molecule has 114 valence electrons. The quantitative estimate of drug-likeness (QED) is 0.710. The van der Waals surface area contributed by atoms with Gasteiger partial charge in [0.15, 0.2) is 0 Å². The van der Waals surface area contributed by atoms with E-state index in [1.807, 2.05) is 6.26 Å². The van der Waals surface area contributed by atoms with Crippen molar-refractivity contribution in [2.24, 2.45) is 0 Å². The maximum Gasteiger partial charge on any atom is 0.326 e. The molecule has 7 heteroatoms. The van der Waals surface area contributed by atoms with Crippen LogP contribution in [-0.2, 0) is 9.59 Å². The van der Waals surface area contributed by atoms with Gasteiger partial charge in [-0.1, -0.05) is 0 Å². The molecular formula is C14H18N2O4S. The Kier molecular flexibility index (Phi) is 6.74. The Morgan fingerprint density at radius 1 is 1.24 bits per heavy atom. The standard InChI is InChI=1S/C14H18N2O4S/c1-9(17)15-11-5-3-10(4-6-11)13(18)16-12(14(19)20)7-8-21-2/h3-6,12H,7-8H2,1-2H3,(H,15,17)(H,16,18)(H,19,20)/t12-/m1/s1. The van der Waals surface area contributed by atoms with Gasteiger partial charge in [0.05, 0.1) is 0 Å². The number of benzene rings is 1. The minimum Gasteiger partial charge on any atom is -0.480 e. The van der Waals surface area contributed by atoms with E-state index in [1.54, 1.807) is 12.1 Å². The maximum absolute atomic E-state index is 12.0. The lowest BCUT2D eigenvalue weighted by Gasteiger charge is -2.14. The summed E-state index contributed by atoms with van der Waals surface area (Å²) in [6.45, 7) is 1.39. The Hall–Kier alpha value is -2.02. The SMILES string of the molecule is CSCC[C@@H](NC(=O)c1ccc(NC(C)=O)cc1)C(=O)O. The van der Waals surface area contributed by atoms with Crippen molar-refractivity contribution in [1.82, 2.24) is 5.32 Å². The molecule has 0 bridgehead atoms. The number of aliphatic carboxylic acids is 1. The van der Waals surface area contributed by atoms with Crippen molar-refractivity contribution in [1.29, 1.82) is 0 Å². The van der Waals surface area contributed by atoms with Gasteiger partial charge >= 0.3 is 5.97 Å². The number of hydrogen-bond acceptors (Lipinski definition) is 4. The minimum atomic E-state index is -1.05. The first-order valence-corrected chi connectivity index (χ1v) is 7.73. The first kappa shape index (κ1) is 17.0. The summed E-state index contributed by atoms with van der Waals surface area (Å²) < 4.78 is 0. The van der Waals surface area contributed by atoms with Gasteiger partial charge in [-0.25, -0.2) is 4.79 Å². The van der Waals surface area contributed by atoms with E-state index in [-0.39, 0.29) is 5.91 Å². The Balaban J connectivity index is 2.69. The van der Waals surface area contributed by atoms with Gasteiger partial charge in [0.1, 0.15) is 6.04 Å². The Morgan fingerprint density at radius 3 is 2.33 bits per heavy atom. The molecule has 1 aromatic rings. The molecule has 0 aliphatic carbocycles. The highest BCUT2D eigenvalue weighted by atomic mass is 32.2. The number of hydrogen-bond donors (Lipinski definition) is 3. The average Bonchev–Trinajstić information content (AvgIpc) is 2.43. The summed E-state index contributed by atoms with van der Waals surface area (Å²) in [5, 5.41) is 14.1. The second-order valence-electron chi connectivity index (χ2n) is 4.40. The van der Waals surface area contributed by atoms with E-state index in [0.717, 1.165) is 0 Å². The molecule has 2 amide bonds. The molecule has 0 spiro atoms. The van der Waals surface area contributed by atoms with Crippen LogP contribution in [0.1, 0.15) is 23.7 Å². The molecule has 0 aliphatic heterocycles. The molecule has 21 heavy (non-hydrogen) atoms. The van der Waals surface area contributed by atoms with Crippen LogP contribution < -0.4 is 10.6 Å². The molecule has 0 radical (unpaired) electrons. The van der Waals surface area contributed by atoms with E-state index >= 15 is 0 Å². The zero-order valence-corrected chi connectivity index (χ0v) is 12.7. The third-order valence-corrected chi connectivity index (χ3v) is 3.33. The van der Waals surface area contributed by atoms with E-state index in [0.29, 0.717) is 23.4 Å². The summed E-state index contributed by atoms with van der Waals surface area (Å²) in [6, 6.07) is 5.35. The minimum absolute atomic E-state index is 0.199. The number of rotatable bonds is 7. The van der Waals surface area contributed by atoms with Crippen LogP contribution in [0.5, 0.6) is 0 Å². The summed E-state index contributed by atoms with van der Waals surface area (Å²) in [7, 11) is 0. The number of carboxylic acids is 1. The van der Waals surface area contributed by atoms with Crippen molar-refractivity contribution >= 4 is 35.2 Å². The van der Waals surface area contributed by atoms with E-state index in [4.69, 9.17) is 5.11 Å². The lowest BCUT2D eigenvalue weighted by atomic mass is 10.1. The van der Waals surface area contributed by atoms with Crippen LogP contribution in [0.2, 0.25) is 0 Å². The van der Waals surface area contributed by atoms with Gasteiger partial charge in [-0.05, 0) is 42.7 Å². The third-order valence-electron chi connectivity index (χ3n) is 2.68. The molecule has 0 aromatic heterocycles. The average molecular weight is 310 g/mol. The third kappa shape index (κ3) is 5.86. The lowest BCUT2D eigenvalue weighted by molar-refractivity contribution is -0.139. The first-order chi connectivity index (χ1) is 9.93. The molecule has 3 N–H and O–H groups in total. The monoisotopic (exact) mass is 310 g/mol. The van der Waals surface area contributed by atoms with Crippen molar-refractivity contribution in [2.45, 2.75) is 19.4 Å². The van der Waals surface area contributed by atoms with Crippen LogP contribution in [0.3, 0.4) is 0 Å². The predicted molar refractivity (Wildman–Crippen MR) is 82.6 cm³/mol. The Bertz CT molecular complexity index is 516. The lowest BCUT2D eigenvalue weighted by Crippen LogP contribution is -2.41. The van der Waals surface area contributed by atoms with Gasteiger partial charge < -0.3 is 15.7 Å². The fourth-order valence-corrected chi connectivity index (χ4v) is 2.11. The molecule has 0 saturated carbocycles. The fourth-order valence-electron chi connectivity index (χ4n) is 1.64. The van der Waals surface area contributed by atoms with Crippen molar-refractivity contribution in [2.75, 3.05) is 17.3 Å². The van der Waals surface area contributed by atoms with Crippen molar-refractivity contribution < 1.29 is 19.5 Å². The van der Waals surface area contributed by atoms with Gasteiger partial charge in [0.25, 0.3) is 5.91 Å². The normalized spacial score (nSPS) is 11.5. The van der Waals surface area contributed by atoms with Gasteiger partial charge in [0, 0.05) is 18.2 Å². The predicted octanol–water partition coefficient (Wildman–Crippen LogP) is 1.58. The van der Waals surface area contributed by atoms with E-state index < -0.39 is 17.9 Å². The fraction of sp³-hybridized carbons (Fsp3) is 0.357. The molecule has 6 nitrogen and oxygen atoms in total. The number of nitrogens with one attached hydrogen (secondary N) is 2. The van der Waals surface area contributed by atoms with Crippen LogP contribution in [0.15, 0.2) is 24.3 Å². The number of amides is 2. The highest BCUT2D eigenvalue weighted by Gasteiger charge is 2.20. The van der Waals surface area contributed by atoms with Crippen LogP contribution in [0.25, 0.3) is 0 Å². The van der Waals surface area contributed by atoms with Gasteiger partial charge in [0.2, 0.25) is 5.91 Å². The van der Waals surface area contributed by atoms with E-state index in [9.17, 15) is 14.4 Å². The number of carbonyl (C=O) groups excluding carboxylic acids is 2. The van der Waals surface area contributed by atoms with Crippen LogP contribution in [-0.4, -0.2) is 40.9 Å². The highest BCUT2D eigenvalue weighted by Crippen LogP contribution is 2.10. The molecular weight excluding hydrogens is 292 g/mol. The topological polar surface area (TPSA) is 95.5 Å². The molecule has 0 aliphatic rings. The second kappa shape index (κ2) is 8.31. The van der Waals surface area contributed by atoms with Crippen LogP contribution >= 0.6 is 11.8 Å². The van der Waals surface area contributed by atoms with Gasteiger partial charge in [-0.3, -0.25) is 9.59 Å². The number of carbonyl (C=O) groups is 3. The first-order valence-electron chi connectivity index (χ1n) is 6.34. The zero-order chi connectivity index (χ0) is 15.8. The number of thioether (sulfide) groups is 1. The Labute approximate surface area is 127 Å². The van der Waals surface area contributed by atoms with Crippen LogP contribution in [0, 0.1) is 0 Å². The molecule has 0 saturated heterocycles. The van der Waals surface area contributed by atoms with Gasteiger partial charge in [-0.2, -0.15) is 11.8 Å². The van der Waals surface area contributed by atoms with Crippen molar-refractivity contribution in [3.8, 4) is 0 Å². The van der Waals surface area contributed by atoms with E-state index in [1.165, 1.54) is 30.8 Å². The van der Waals surface area contributed by atoms with Crippen molar-refractivity contribution in [3.63, 3.8) is 0 Å². The molecule has 1 rings (SSSR count). The molecule has 1 atom stereocenters. The highest BCUT2D eigenvalue weighted by molar-refractivity contribution is 7.98.